The SMILES string of the molecule is CC(C)(C)OC(=O)NC1CCN(c2c(F)cccc2[N+](=O)[O-])C1. The van der Waals surface area contributed by atoms with Gasteiger partial charge < -0.3 is 15.0 Å². The fourth-order valence-electron chi connectivity index (χ4n) is 2.52. The van der Waals surface area contributed by atoms with E-state index in [9.17, 15) is 19.3 Å². The molecule has 0 spiro atoms. The Morgan fingerprint density at radius 2 is 2.17 bits per heavy atom. The summed E-state index contributed by atoms with van der Waals surface area (Å²) in [5.74, 6) is -0.642. The van der Waals surface area contributed by atoms with Crippen LogP contribution in [0.1, 0.15) is 27.2 Å². The Kier molecular flexibility index (Phi) is 4.72. The fourth-order valence-corrected chi connectivity index (χ4v) is 2.52. The first-order valence-corrected chi connectivity index (χ1v) is 7.35. The number of alkyl carbamates (subject to hydrolysis) is 1. The minimum atomic E-state index is -0.642. The number of para-hydroxylation sites is 1. The second kappa shape index (κ2) is 6.39. The molecule has 1 aromatic carbocycles. The predicted molar refractivity (Wildman–Crippen MR) is 83.0 cm³/mol. The van der Waals surface area contributed by atoms with Crippen molar-refractivity contribution in [2.45, 2.75) is 38.8 Å². The van der Waals surface area contributed by atoms with Gasteiger partial charge in [0.25, 0.3) is 5.69 Å². The second-order valence-corrected chi connectivity index (χ2v) is 6.44. The van der Waals surface area contributed by atoms with Crippen molar-refractivity contribution in [3.05, 3.63) is 34.1 Å². The normalized spacial score (nSPS) is 17.9. The van der Waals surface area contributed by atoms with Crippen LogP contribution in [-0.2, 0) is 4.74 Å². The molecule has 1 N–H and O–H groups in total. The topological polar surface area (TPSA) is 84.7 Å². The van der Waals surface area contributed by atoms with E-state index in [-0.39, 0.29) is 17.4 Å². The number of hydrogen-bond donors (Lipinski definition) is 1. The molecule has 2 rings (SSSR count). The molecule has 0 radical (unpaired) electrons. The summed E-state index contributed by atoms with van der Waals surface area (Å²) in [5, 5.41) is 13.8. The van der Waals surface area contributed by atoms with Crippen molar-refractivity contribution in [3.63, 3.8) is 0 Å². The van der Waals surface area contributed by atoms with E-state index in [1.807, 2.05) is 0 Å². The highest BCUT2D eigenvalue weighted by molar-refractivity contribution is 5.69. The van der Waals surface area contributed by atoms with Crippen LogP contribution in [-0.4, -0.2) is 35.7 Å². The predicted octanol–water partition coefficient (Wildman–Crippen LogP) is 2.84. The summed E-state index contributed by atoms with van der Waals surface area (Å²) in [7, 11) is 0. The van der Waals surface area contributed by atoms with Gasteiger partial charge in [-0.25, -0.2) is 9.18 Å². The minimum Gasteiger partial charge on any atom is -0.444 e. The van der Waals surface area contributed by atoms with E-state index in [0.29, 0.717) is 19.5 Å². The molecule has 0 aliphatic carbocycles. The molecule has 0 bridgehead atoms. The zero-order chi connectivity index (χ0) is 17.2. The summed E-state index contributed by atoms with van der Waals surface area (Å²) < 4.78 is 19.2. The molecule has 126 valence electrons. The van der Waals surface area contributed by atoms with Crippen LogP contribution in [0, 0.1) is 15.9 Å². The Labute approximate surface area is 133 Å². The molecular weight excluding hydrogens is 305 g/mol. The number of ether oxygens (including phenoxy) is 1. The van der Waals surface area contributed by atoms with Gasteiger partial charge in [-0.2, -0.15) is 0 Å². The number of nitrogens with one attached hydrogen (secondary N) is 1. The van der Waals surface area contributed by atoms with E-state index < -0.39 is 22.4 Å². The molecule has 1 aliphatic heterocycles. The third-order valence-electron chi connectivity index (χ3n) is 3.39. The Morgan fingerprint density at radius 3 is 2.78 bits per heavy atom. The third-order valence-corrected chi connectivity index (χ3v) is 3.39. The van der Waals surface area contributed by atoms with Crippen LogP contribution in [0.2, 0.25) is 0 Å². The number of nitro groups is 1. The molecule has 1 aromatic rings. The summed E-state index contributed by atoms with van der Waals surface area (Å²) in [6.07, 6.45) is 0.0115. The van der Waals surface area contributed by atoms with Crippen LogP contribution < -0.4 is 10.2 Å². The lowest BCUT2D eigenvalue weighted by Gasteiger charge is -2.22. The highest BCUT2D eigenvalue weighted by atomic mass is 19.1. The molecule has 1 aliphatic rings. The van der Waals surface area contributed by atoms with Gasteiger partial charge in [0.1, 0.15) is 5.60 Å². The van der Waals surface area contributed by atoms with Crippen LogP contribution in [0.4, 0.5) is 20.6 Å². The summed E-state index contributed by atoms with van der Waals surface area (Å²) in [5.41, 5.74) is -0.916. The number of benzene rings is 1. The largest absolute Gasteiger partial charge is 0.444 e. The Bertz CT molecular complexity index is 615. The first kappa shape index (κ1) is 17.0. The molecule has 1 unspecified atom stereocenters. The van der Waals surface area contributed by atoms with Crippen molar-refractivity contribution in [1.82, 2.24) is 5.32 Å². The zero-order valence-electron chi connectivity index (χ0n) is 13.3. The molecule has 8 heteroatoms. The van der Waals surface area contributed by atoms with Gasteiger partial charge in [0.15, 0.2) is 11.5 Å². The summed E-state index contributed by atoms with van der Waals surface area (Å²) in [6.45, 7) is 5.99. The smallest absolute Gasteiger partial charge is 0.407 e. The highest BCUT2D eigenvalue weighted by Crippen LogP contribution is 2.33. The molecule has 7 nitrogen and oxygen atoms in total. The Balaban J connectivity index is 2.06. The van der Waals surface area contributed by atoms with Crippen LogP contribution in [0.5, 0.6) is 0 Å². The maximum atomic E-state index is 14.0. The lowest BCUT2D eigenvalue weighted by atomic mass is 10.2. The first-order chi connectivity index (χ1) is 10.7. The van der Waals surface area contributed by atoms with Gasteiger partial charge in [0, 0.05) is 19.2 Å². The van der Waals surface area contributed by atoms with Gasteiger partial charge in [0.2, 0.25) is 0 Å². The Morgan fingerprint density at radius 1 is 1.48 bits per heavy atom. The van der Waals surface area contributed by atoms with E-state index >= 15 is 0 Å². The first-order valence-electron chi connectivity index (χ1n) is 7.35. The van der Waals surface area contributed by atoms with Crippen LogP contribution in [0.25, 0.3) is 0 Å². The highest BCUT2D eigenvalue weighted by Gasteiger charge is 2.31. The van der Waals surface area contributed by atoms with Gasteiger partial charge in [-0.1, -0.05) is 6.07 Å². The zero-order valence-corrected chi connectivity index (χ0v) is 13.3. The van der Waals surface area contributed by atoms with Crippen molar-refractivity contribution in [2.75, 3.05) is 18.0 Å². The molecule has 0 aromatic heterocycles. The number of carbonyl (C=O) groups excluding carboxylic acids is 1. The Hall–Kier alpha value is -2.38. The number of anilines is 1. The molecule has 1 amide bonds. The van der Waals surface area contributed by atoms with E-state index in [2.05, 4.69) is 5.32 Å². The molecular formula is C15H20FN3O4. The van der Waals surface area contributed by atoms with Crippen molar-refractivity contribution in [1.29, 1.82) is 0 Å². The number of rotatable bonds is 3. The maximum Gasteiger partial charge on any atom is 0.407 e. The van der Waals surface area contributed by atoms with Crippen molar-refractivity contribution >= 4 is 17.5 Å². The van der Waals surface area contributed by atoms with Crippen molar-refractivity contribution in [3.8, 4) is 0 Å². The van der Waals surface area contributed by atoms with Crippen molar-refractivity contribution < 1.29 is 18.8 Å². The van der Waals surface area contributed by atoms with E-state index in [1.165, 1.54) is 18.2 Å². The number of nitrogens with zero attached hydrogens (tertiary/aromatic N) is 2. The van der Waals surface area contributed by atoms with Crippen LogP contribution >= 0.6 is 0 Å². The van der Waals surface area contributed by atoms with E-state index in [1.54, 1.807) is 25.7 Å². The third kappa shape index (κ3) is 4.30. The molecule has 0 saturated carbocycles. The lowest BCUT2D eigenvalue weighted by molar-refractivity contribution is -0.384. The fraction of sp³-hybridized carbons (Fsp3) is 0.533. The summed E-state index contributed by atoms with van der Waals surface area (Å²) in [4.78, 5) is 23.8. The molecule has 23 heavy (non-hydrogen) atoms. The second-order valence-electron chi connectivity index (χ2n) is 6.44. The average molecular weight is 325 g/mol. The van der Waals surface area contributed by atoms with Gasteiger partial charge in [-0.05, 0) is 33.3 Å². The summed E-state index contributed by atoms with van der Waals surface area (Å²) in [6, 6.07) is 3.53. The number of halogens is 1. The van der Waals surface area contributed by atoms with E-state index in [0.717, 1.165) is 0 Å². The number of nitro benzene ring substituents is 1. The molecule has 1 atom stereocenters. The van der Waals surface area contributed by atoms with Gasteiger partial charge in [-0.3, -0.25) is 10.1 Å². The number of carbonyl (C=O) groups is 1. The average Bonchev–Trinajstić information content (AvgIpc) is 2.83. The van der Waals surface area contributed by atoms with E-state index in [4.69, 9.17) is 4.74 Å². The van der Waals surface area contributed by atoms with Gasteiger partial charge in [-0.15, -0.1) is 0 Å². The monoisotopic (exact) mass is 325 g/mol. The summed E-state index contributed by atoms with van der Waals surface area (Å²) >= 11 is 0. The molecule has 1 fully saturated rings. The minimum absolute atomic E-state index is 0.0361. The van der Waals surface area contributed by atoms with Crippen LogP contribution in [0.3, 0.4) is 0 Å². The molecule has 1 saturated heterocycles. The van der Waals surface area contributed by atoms with Crippen LogP contribution in [0.15, 0.2) is 18.2 Å². The molecule has 1 heterocycles. The van der Waals surface area contributed by atoms with Crippen molar-refractivity contribution in [2.24, 2.45) is 0 Å². The lowest BCUT2D eigenvalue weighted by Crippen LogP contribution is -2.40. The maximum absolute atomic E-state index is 14.0. The van der Waals surface area contributed by atoms with Gasteiger partial charge in [0.05, 0.1) is 11.0 Å². The van der Waals surface area contributed by atoms with Gasteiger partial charge >= 0.3 is 6.09 Å². The number of amides is 1. The standard InChI is InChI=1S/C15H20FN3O4/c1-15(2,3)23-14(20)17-10-7-8-18(9-10)13-11(16)5-4-6-12(13)19(21)22/h4-6,10H,7-9H2,1-3H3,(H,17,20). The number of hydrogen-bond acceptors (Lipinski definition) is 5. The quantitative estimate of drug-likeness (QED) is 0.682.